The zero-order valence-corrected chi connectivity index (χ0v) is 5.81. The Hall–Kier alpha value is -0.770. The first-order valence-electron chi connectivity index (χ1n) is 2.96. The van der Waals surface area contributed by atoms with E-state index in [1.54, 1.807) is 0 Å². The lowest BCUT2D eigenvalue weighted by atomic mass is 10.4. The molecule has 0 unspecified atom stereocenters. The Labute approximate surface area is 51.6 Å². The van der Waals surface area contributed by atoms with E-state index in [1.165, 1.54) is 6.08 Å². The molecule has 0 aromatic heterocycles. The summed E-state index contributed by atoms with van der Waals surface area (Å²) in [4.78, 5) is 0. The third-order valence-electron chi connectivity index (χ3n) is 0.428. The average molecular weight is 111 g/mol. The SMILES string of the molecule is CC.CC/C=C\C#N. The zero-order valence-electron chi connectivity index (χ0n) is 5.81. The quantitative estimate of drug-likeness (QED) is 0.477. The highest BCUT2D eigenvalue weighted by Gasteiger charge is 1.57. The normalized spacial score (nSPS) is 7.25. The van der Waals surface area contributed by atoms with Crippen LogP contribution < -0.4 is 0 Å². The lowest BCUT2D eigenvalue weighted by Gasteiger charge is -1.63. The smallest absolute Gasteiger partial charge is 0.0908 e. The first-order chi connectivity index (χ1) is 3.91. The number of rotatable bonds is 1. The van der Waals surface area contributed by atoms with Crippen LogP contribution in [-0.2, 0) is 0 Å². The van der Waals surface area contributed by atoms with Gasteiger partial charge in [-0.15, -0.1) is 0 Å². The van der Waals surface area contributed by atoms with E-state index < -0.39 is 0 Å². The van der Waals surface area contributed by atoms with Gasteiger partial charge in [0.25, 0.3) is 0 Å². The maximum absolute atomic E-state index is 7.86. The van der Waals surface area contributed by atoms with Gasteiger partial charge in [0.05, 0.1) is 6.07 Å². The topological polar surface area (TPSA) is 23.8 Å². The fourth-order valence-electron chi connectivity index (χ4n) is 0.171. The van der Waals surface area contributed by atoms with Gasteiger partial charge in [-0.05, 0) is 6.42 Å². The van der Waals surface area contributed by atoms with Crippen molar-refractivity contribution in [1.29, 1.82) is 5.26 Å². The minimum Gasteiger partial charge on any atom is -0.193 e. The molecule has 46 valence electrons. The van der Waals surface area contributed by atoms with Crippen LogP contribution in [0.3, 0.4) is 0 Å². The molecule has 8 heavy (non-hydrogen) atoms. The van der Waals surface area contributed by atoms with Crippen LogP contribution in [-0.4, -0.2) is 0 Å². The van der Waals surface area contributed by atoms with Crippen LogP contribution in [0.25, 0.3) is 0 Å². The molecule has 1 nitrogen and oxygen atoms in total. The van der Waals surface area contributed by atoms with Crippen molar-refractivity contribution in [2.75, 3.05) is 0 Å². The molecule has 0 spiro atoms. The molecule has 0 atom stereocenters. The Morgan fingerprint density at radius 2 is 2.00 bits per heavy atom. The largest absolute Gasteiger partial charge is 0.193 e. The highest BCUT2D eigenvalue weighted by molar-refractivity contribution is 5.00. The third-order valence-corrected chi connectivity index (χ3v) is 0.428. The summed E-state index contributed by atoms with van der Waals surface area (Å²) in [6, 6.07) is 1.89. The van der Waals surface area contributed by atoms with Gasteiger partial charge in [0, 0.05) is 6.08 Å². The molecule has 0 saturated carbocycles. The molecule has 0 rings (SSSR count). The van der Waals surface area contributed by atoms with Gasteiger partial charge < -0.3 is 0 Å². The first kappa shape index (κ1) is 10.3. The molecular weight excluding hydrogens is 98.1 g/mol. The Balaban J connectivity index is 0. The van der Waals surface area contributed by atoms with Crippen LogP contribution in [0.5, 0.6) is 0 Å². The van der Waals surface area contributed by atoms with Crippen LogP contribution in [0.1, 0.15) is 27.2 Å². The molecule has 0 aliphatic carbocycles. The Bertz CT molecular complexity index is 76.9. The molecule has 0 aromatic rings. The summed E-state index contributed by atoms with van der Waals surface area (Å²) >= 11 is 0. The Morgan fingerprint density at radius 1 is 1.50 bits per heavy atom. The summed E-state index contributed by atoms with van der Waals surface area (Å²) < 4.78 is 0. The standard InChI is InChI=1S/C5H7N.C2H6/c1-2-3-4-5-6;1-2/h3-4H,2H2,1H3;1-2H3/b4-3-;. The van der Waals surface area contributed by atoms with Crippen molar-refractivity contribution in [1.82, 2.24) is 0 Å². The van der Waals surface area contributed by atoms with Crippen LogP contribution in [0.2, 0.25) is 0 Å². The minimum absolute atomic E-state index is 0.952. The van der Waals surface area contributed by atoms with E-state index in [4.69, 9.17) is 5.26 Å². The Morgan fingerprint density at radius 3 is 2.12 bits per heavy atom. The summed E-state index contributed by atoms with van der Waals surface area (Å²) in [5, 5.41) is 7.86. The van der Waals surface area contributed by atoms with E-state index in [0.717, 1.165) is 6.42 Å². The number of allylic oxidation sites excluding steroid dienone is 2. The second-order valence-corrected chi connectivity index (χ2v) is 0.940. The van der Waals surface area contributed by atoms with Gasteiger partial charge in [-0.25, -0.2) is 0 Å². The van der Waals surface area contributed by atoms with E-state index in [0.29, 0.717) is 0 Å². The van der Waals surface area contributed by atoms with Crippen molar-refractivity contribution < 1.29 is 0 Å². The van der Waals surface area contributed by atoms with E-state index >= 15 is 0 Å². The maximum atomic E-state index is 7.86. The minimum atomic E-state index is 0.952. The van der Waals surface area contributed by atoms with Gasteiger partial charge in [-0.3, -0.25) is 0 Å². The summed E-state index contributed by atoms with van der Waals surface area (Å²) in [6.45, 7) is 5.99. The van der Waals surface area contributed by atoms with Crippen molar-refractivity contribution in [2.45, 2.75) is 27.2 Å². The number of hydrogen-bond donors (Lipinski definition) is 0. The molecule has 0 heterocycles. The molecule has 0 aliphatic heterocycles. The van der Waals surface area contributed by atoms with Crippen molar-refractivity contribution in [2.24, 2.45) is 0 Å². The molecule has 0 N–H and O–H groups in total. The van der Waals surface area contributed by atoms with Crippen molar-refractivity contribution in [3.63, 3.8) is 0 Å². The van der Waals surface area contributed by atoms with Crippen molar-refractivity contribution in [3.8, 4) is 6.07 Å². The van der Waals surface area contributed by atoms with Crippen LogP contribution in [0.4, 0.5) is 0 Å². The van der Waals surface area contributed by atoms with Crippen LogP contribution in [0.15, 0.2) is 12.2 Å². The maximum Gasteiger partial charge on any atom is 0.0908 e. The van der Waals surface area contributed by atoms with E-state index in [2.05, 4.69) is 0 Å². The van der Waals surface area contributed by atoms with Gasteiger partial charge in [-0.2, -0.15) is 5.26 Å². The molecule has 0 fully saturated rings. The lowest BCUT2D eigenvalue weighted by molar-refractivity contribution is 1.22. The molecule has 0 saturated heterocycles. The van der Waals surface area contributed by atoms with Crippen LogP contribution >= 0.6 is 0 Å². The summed E-state index contributed by atoms with van der Waals surface area (Å²) in [5.74, 6) is 0. The number of hydrogen-bond acceptors (Lipinski definition) is 1. The van der Waals surface area contributed by atoms with Gasteiger partial charge in [0.2, 0.25) is 0 Å². The van der Waals surface area contributed by atoms with Crippen LogP contribution in [0, 0.1) is 11.3 Å². The van der Waals surface area contributed by atoms with E-state index in [-0.39, 0.29) is 0 Å². The highest BCUT2D eigenvalue weighted by atomic mass is 14.2. The van der Waals surface area contributed by atoms with Gasteiger partial charge in [0.15, 0.2) is 0 Å². The van der Waals surface area contributed by atoms with Gasteiger partial charge in [0.1, 0.15) is 0 Å². The average Bonchev–Trinajstić information content (AvgIpc) is 1.88. The molecular formula is C7H13N. The van der Waals surface area contributed by atoms with Gasteiger partial charge in [-0.1, -0.05) is 26.8 Å². The van der Waals surface area contributed by atoms with Crippen molar-refractivity contribution >= 4 is 0 Å². The second-order valence-electron chi connectivity index (χ2n) is 0.940. The fraction of sp³-hybridized carbons (Fsp3) is 0.571. The van der Waals surface area contributed by atoms with Crippen molar-refractivity contribution in [3.05, 3.63) is 12.2 Å². The zero-order chi connectivity index (χ0) is 6.83. The van der Waals surface area contributed by atoms with E-state index in [9.17, 15) is 0 Å². The first-order valence-corrected chi connectivity index (χ1v) is 2.96. The molecule has 0 radical (unpaired) electrons. The lowest BCUT2D eigenvalue weighted by Crippen LogP contribution is -1.47. The van der Waals surface area contributed by atoms with Gasteiger partial charge >= 0.3 is 0 Å². The molecule has 0 amide bonds. The fourth-order valence-corrected chi connectivity index (χ4v) is 0.171. The predicted molar refractivity (Wildman–Crippen MR) is 36.4 cm³/mol. The monoisotopic (exact) mass is 111 g/mol. The predicted octanol–water partition coefficient (Wildman–Crippen LogP) is 2.50. The third kappa shape index (κ3) is 18.8. The molecule has 0 aliphatic rings. The summed E-state index contributed by atoms with van der Waals surface area (Å²) in [5.41, 5.74) is 0. The summed E-state index contributed by atoms with van der Waals surface area (Å²) in [6.07, 6.45) is 4.26. The molecule has 1 heteroatoms. The second kappa shape index (κ2) is 16.3. The Kier molecular flexibility index (Phi) is 20.9. The van der Waals surface area contributed by atoms with E-state index in [1.807, 2.05) is 32.9 Å². The molecule has 0 bridgehead atoms. The summed E-state index contributed by atoms with van der Waals surface area (Å²) in [7, 11) is 0. The molecule has 0 aromatic carbocycles. The number of nitriles is 1. The highest BCUT2D eigenvalue weighted by Crippen LogP contribution is 1.74. The number of nitrogens with zero attached hydrogens (tertiary/aromatic N) is 1.